The molecule has 74 heavy (non-hydrogen) atoms. The van der Waals surface area contributed by atoms with Crippen molar-refractivity contribution in [1.82, 2.24) is 0 Å². The van der Waals surface area contributed by atoms with E-state index in [1.165, 1.54) is 103 Å². The lowest BCUT2D eigenvalue weighted by Crippen LogP contribution is -2.04. The van der Waals surface area contributed by atoms with Gasteiger partial charge in [-0.25, -0.2) is 20.0 Å². The van der Waals surface area contributed by atoms with Crippen molar-refractivity contribution in [2.75, 3.05) is 13.2 Å². The van der Waals surface area contributed by atoms with E-state index in [-0.39, 0.29) is 11.5 Å². The number of phenolic OH excluding ortho intramolecular Hbond substituents is 2. The zero-order valence-electron chi connectivity index (χ0n) is 43.5. The van der Waals surface area contributed by atoms with Crippen molar-refractivity contribution in [3.05, 3.63) is 191 Å². The molecule has 4 aromatic rings. The van der Waals surface area contributed by atoms with Gasteiger partial charge in [-0.1, -0.05) is 165 Å². The summed E-state index contributed by atoms with van der Waals surface area (Å²) in [6, 6.07) is 31.0. The molecule has 8 heteroatoms. The first-order chi connectivity index (χ1) is 36.4. The Morgan fingerprint density at radius 2 is 0.541 bits per heavy atom. The van der Waals surface area contributed by atoms with Crippen LogP contribution >= 0.6 is 0 Å². The van der Waals surface area contributed by atoms with Gasteiger partial charge in [-0.2, -0.15) is 0 Å². The largest absolute Gasteiger partial charge is 0.508 e. The second kappa shape index (κ2) is 26.1. The molecule has 0 aromatic heterocycles. The fraction of sp³-hybridized carbons (Fsp3) is 0.333. The average Bonchev–Trinajstić information content (AvgIpc) is 4.29. The lowest BCUT2D eigenvalue weighted by atomic mass is 9.98. The third-order valence-corrected chi connectivity index (χ3v) is 14.2. The quantitative estimate of drug-likeness (QED) is 0.0611. The number of rotatable bonds is 26. The van der Waals surface area contributed by atoms with E-state index in [9.17, 15) is 10.2 Å². The fourth-order valence-electron chi connectivity index (χ4n) is 10.2. The molecule has 0 saturated carbocycles. The molecule has 380 valence electrons. The molecule has 0 amide bonds. The minimum atomic E-state index is 0.182. The van der Waals surface area contributed by atoms with Crippen LogP contribution in [-0.4, -0.2) is 46.3 Å². The highest BCUT2D eigenvalue weighted by Crippen LogP contribution is 2.39. The molecule has 0 radical (unpaired) electrons. The number of benzene rings is 4. The van der Waals surface area contributed by atoms with Gasteiger partial charge in [-0.3, -0.25) is 0 Å². The van der Waals surface area contributed by atoms with Gasteiger partial charge in [0.1, 0.15) is 23.0 Å². The monoisotopic (exact) mass is 985 g/mol. The smallest absolute Gasteiger partial charge is 0.119 e. The van der Waals surface area contributed by atoms with Crippen molar-refractivity contribution in [1.29, 1.82) is 0 Å². The van der Waals surface area contributed by atoms with Crippen LogP contribution in [0.25, 0.3) is 22.3 Å². The van der Waals surface area contributed by atoms with Gasteiger partial charge in [0.25, 0.3) is 0 Å². The molecule has 2 N–H and O–H groups in total. The van der Waals surface area contributed by atoms with Crippen molar-refractivity contribution in [3.63, 3.8) is 0 Å². The van der Waals surface area contributed by atoms with Crippen LogP contribution < -0.4 is 9.47 Å². The molecule has 5 aliphatic heterocycles. The first kappa shape index (κ1) is 51.6. The number of phenols is 2. The Morgan fingerprint density at radius 1 is 0.297 bits per heavy atom. The molecule has 9 rings (SSSR count). The summed E-state index contributed by atoms with van der Waals surface area (Å²) in [5.41, 5.74) is 13.1. The Kier molecular flexibility index (Phi) is 18.2. The zero-order chi connectivity index (χ0) is 50.9. The van der Waals surface area contributed by atoms with Crippen LogP contribution in [0, 0.1) is 0 Å². The molecule has 0 saturated heterocycles. The van der Waals surface area contributed by atoms with Gasteiger partial charge in [0, 0.05) is 22.3 Å². The van der Waals surface area contributed by atoms with E-state index in [1.54, 1.807) is 24.3 Å². The summed E-state index contributed by atoms with van der Waals surface area (Å²) < 4.78 is 12.5. The first-order valence-corrected chi connectivity index (χ1v) is 27.6. The highest BCUT2D eigenvalue weighted by molar-refractivity contribution is 6.39. The number of aliphatic imine (C=N–C) groups is 4. The minimum absolute atomic E-state index is 0.182. The molecular weight excluding hydrogens is 913 g/mol. The number of aromatic hydroxyl groups is 2. The number of nitrogens with zero attached hydrogens (tertiary/aromatic N) is 4. The Hall–Kier alpha value is -7.32. The molecule has 5 aliphatic rings. The Labute approximate surface area is 439 Å². The van der Waals surface area contributed by atoms with Crippen LogP contribution in [0.2, 0.25) is 0 Å². The zero-order valence-corrected chi connectivity index (χ0v) is 43.5. The fourth-order valence-corrected chi connectivity index (χ4v) is 10.2. The van der Waals surface area contributed by atoms with Crippen molar-refractivity contribution in [3.8, 4) is 23.0 Å². The maximum atomic E-state index is 10.4. The number of allylic oxidation sites excluding steroid dienone is 12. The number of hydrogen-bond acceptors (Lipinski definition) is 8. The second-order valence-corrected chi connectivity index (χ2v) is 19.9. The number of unbranched alkanes of at least 4 members (excludes halogenated alkanes) is 16. The van der Waals surface area contributed by atoms with Crippen molar-refractivity contribution < 1.29 is 19.7 Å². The van der Waals surface area contributed by atoms with E-state index in [1.807, 2.05) is 72.8 Å². The predicted octanol–water partition coefficient (Wildman–Crippen LogP) is 16.9. The lowest BCUT2D eigenvalue weighted by Gasteiger charge is -2.13. The van der Waals surface area contributed by atoms with Crippen molar-refractivity contribution in [2.45, 2.75) is 129 Å². The SMILES string of the molecule is CCCCCCCCCCCOc1ccc(C2=C3C=CC(=N3)C(c3ccc(O)cc3)=C3C=CC(=N3)C(c3ccc(OCCCCCCCCCCC)cc3)=C3C=CC(=N3)C(c3ccc(O)cc3)=C3C=CC2=N3)cc1. The van der Waals surface area contributed by atoms with Crippen LogP contribution in [0.4, 0.5) is 0 Å². The van der Waals surface area contributed by atoms with Gasteiger partial charge in [0.2, 0.25) is 0 Å². The summed E-state index contributed by atoms with van der Waals surface area (Å²) in [5.74, 6) is 2.03. The van der Waals surface area contributed by atoms with Crippen LogP contribution in [0.1, 0.15) is 152 Å². The summed E-state index contributed by atoms with van der Waals surface area (Å²) in [5, 5.41) is 20.8. The van der Waals surface area contributed by atoms with Gasteiger partial charge >= 0.3 is 0 Å². The van der Waals surface area contributed by atoms with E-state index in [2.05, 4.69) is 62.4 Å². The van der Waals surface area contributed by atoms with Gasteiger partial charge in [-0.15, -0.1) is 0 Å². The lowest BCUT2D eigenvalue weighted by molar-refractivity contribution is 0.304. The van der Waals surface area contributed by atoms with Crippen LogP contribution in [-0.2, 0) is 0 Å². The van der Waals surface area contributed by atoms with E-state index in [0.29, 0.717) is 13.2 Å². The van der Waals surface area contributed by atoms with Crippen molar-refractivity contribution >= 4 is 45.1 Å². The van der Waals surface area contributed by atoms with E-state index < -0.39 is 0 Å². The van der Waals surface area contributed by atoms with Gasteiger partial charge in [0.05, 0.1) is 58.8 Å². The Morgan fingerprint density at radius 3 is 0.811 bits per heavy atom. The molecule has 5 heterocycles. The van der Waals surface area contributed by atoms with Crippen LogP contribution in [0.3, 0.4) is 0 Å². The van der Waals surface area contributed by atoms with Gasteiger partial charge < -0.3 is 19.7 Å². The number of hydrogen-bond donors (Lipinski definition) is 2. The van der Waals surface area contributed by atoms with E-state index >= 15 is 0 Å². The average molecular weight is 985 g/mol. The molecule has 0 atom stereocenters. The number of ether oxygens (including phenoxy) is 2. The molecule has 4 aromatic carbocycles. The van der Waals surface area contributed by atoms with E-state index in [4.69, 9.17) is 29.4 Å². The normalized spacial score (nSPS) is 15.7. The Balaban J connectivity index is 1.06. The summed E-state index contributed by atoms with van der Waals surface area (Å²) in [4.78, 5) is 21.6. The summed E-state index contributed by atoms with van der Waals surface area (Å²) in [7, 11) is 0. The topological polar surface area (TPSA) is 108 Å². The van der Waals surface area contributed by atoms with Gasteiger partial charge in [0.15, 0.2) is 0 Å². The maximum Gasteiger partial charge on any atom is 0.119 e. The third kappa shape index (κ3) is 13.3. The van der Waals surface area contributed by atoms with E-state index in [0.717, 1.165) is 115 Å². The standard InChI is InChI=1S/C66H72N4O4/c1-3-5-7-9-11-13-15-17-19-45-73-53-33-25-49(26-34-53)65-59-41-37-55(67-59)63(47-21-29-51(71)30-22-47)57-39-43-61(69-57)66(50-27-35-54(36-28-50)74-46-20-18-16-14-12-10-8-6-4-2)62-44-40-58(70-62)64(56-38-42-60(65)68-56)48-23-31-52(72)32-24-48/h21-44,71-72H,3-20,45-46H2,1-2H3. The third-order valence-electron chi connectivity index (χ3n) is 14.2. The molecule has 0 spiro atoms. The summed E-state index contributed by atoms with van der Waals surface area (Å²) in [6.07, 6.45) is 39.3. The van der Waals surface area contributed by atoms with Crippen LogP contribution in [0.15, 0.2) is 188 Å². The first-order valence-electron chi connectivity index (χ1n) is 27.6. The molecule has 0 fully saturated rings. The Bertz CT molecular complexity index is 2780. The predicted molar refractivity (Wildman–Crippen MR) is 309 cm³/mol. The molecule has 8 nitrogen and oxygen atoms in total. The number of fused-ring (bicyclic) bond motifs is 4. The van der Waals surface area contributed by atoms with Gasteiger partial charge in [-0.05, 0) is 132 Å². The summed E-state index contributed by atoms with van der Waals surface area (Å²) in [6.45, 7) is 5.91. The molecular formula is C66H72N4O4. The highest BCUT2D eigenvalue weighted by atomic mass is 16.5. The van der Waals surface area contributed by atoms with Crippen LogP contribution in [0.5, 0.6) is 23.0 Å². The molecule has 8 bridgehead atoms. The molecule has 0 aliphatic carbocycles. The molecule has 0 unspecified atom stereocenters. The maximum absolute atomic E-state index is 10.4. The minimum Gasteiger partial charge on any atom is -0.508 e. The summed E-state index contributed by atoms with van der Waals surface area (Å²) >= 11 is 0. The second-order valence-electron chi connectivity index (χ2n) is 19.9. The van der Waals surface area contributed by atoms with Crippen molar-refractivity contribution in [2.24, 2.45) is 20.0 Å². The highest BCUT2D eigenvalue weighted by Gasteiger charge is 2.28.